The largest absolute Gasteiger partial charge is 0.299 e. The van der Waals surface area contributed by atoms with Crippen LogP contribution in [-0.2, 0) is 14.4 Å². The molecule has 4 rings (SSSR count). The van der Waals surface area contributed by atoms with Crippen LogP contribution in [0.4, 0.5) is 0 Å². The molecule has 4 aliphatic carbocycles. The molecule has 22 heavy (non-hydrogen) atoms. The van der Waals surface area contributed by atoms with Gasteiger partial charge in [-0.3, -0.25) is 14.4 Å². The zero-order valence-corrected chi connectivity index (χ0v) is 13.4. The molecule has 0 heterocycles. The molecule has 0 unspecified atom stereocenters. The molecule has 0 aliphatic heterocycles. The third-order valence-electron chi connectivity index (χ3n) is 7.45. The van der Waals surface area contributed by atoms with E-state index >= 15 is 0 Å². The highest BCUT2D eigenvalue weighted by Crippen LogP contribution is 2.63. The van der Waals surface area contributed by atoms with E-state index in [0.29, 0.717) is 42.8 Å². The number of rotatable bonds is 0. The van der Waals surface area contributed by atoms with Crippen LogP contribution in [0.2, 0.25) is 0 Å². The van der Waals surface area contributed by atoms with Crippen LogP contribution in [0.15, 0.2) is 12.2 Å². The van der Waals surface area contributed by atoms with E-state index in [1.807, 2.05) is 13.0 Å². The molecule has 0 aromatic carbocycles. The molecule has 0 bridgehead atoms. The van der Waals surface area contributed by atoms with Crippen molar-refractivity contribution in [2.24, 2.45) is 34.5 Å². The summed E-state index contributed by atoms with van der Waals surface area (Å²) in [7, 11) is 0. The highest BCUT2D eigenvalue weighted by molar-refractivity contribution is 5.96. The van der Waals surface area contributed by atoms with E-state index in [9.17, 15) is 14.4 Å². The van der Waals surface area contributed by atoms with Gasteiger partial charge in [-0.2, -0.15) is 0 Å². The second-order valence-corrected chi connectivity index (χ2v) is 8.41. The molecule has 6 atom stereocenters. The van der Waals surface area contributed by atoms with Crippen molar-refractivity contribution in [2.45, 2.75) is 52.4 Å². The molecule has 118 valence electrons. The Kier molecular flexibility index (Phi) is 2.87. The van der Waals surface area contributed by atoms with Gasteiger partial charge in [0.1, 0.15) is 11.6 Å². The van der Waals surface area contributed by atoms with Gasteiger partial charge in [-0.05, 0) is 48.5 Å². The first-order valence-electron chi connectivity index (χ1n) is 8.64. The summed E-state index contributed by atoms with van der Waals surface area (Å²) < 4.78 is 0. The zero-order valence-electron chi connectivity index (χ0n) is 13.4. The van der Waals surface area contributed by atoms with Crippen molar-refractivity contribution in [3.05, 3.63) is 12.2 Å². The lowest BCUT2D eigenvalue weighted by Crippen LogP contribution is -2.56. The van der Waals surface area contributed by atoms with Crippen molar-refractivity contribution in [1.82, 2.24) is 0 Å². The van der Waals surface area contributed by atoms with Crippen LogP contribution in [0, 0.1) is 34.5 Å². The van der Waals surface area contributed by atoms with Gasteiger partial charge >= 0.3 is 0 Å². The lowest BCUT2D eigenvalue weighted by molar-refractivity contribution is -0.154. The molecular weight excluding hydrogens is 276 g/mol. The number of hydrogen-bond donors (Lipinski definition) is 0. The summed E-state index contributed by atoms with van der Waals surface area (Å²) in [6, 6.07) is 0. The summed E-state index contributed by atoms with van der Waals surface area (Å²) in [5.74, 6) is 1.78. The Bertz CT molecular complexity index is 604. The van der Waals surface area contributed by atoms with Crippen LogP contribution in [0.1, 0.15) is 52.4 Å². The molecule has 3 nitrogen and oxygen atoms in total. The van der Waals surface area contributed by atoms with E-state index in [2.05, 4.69) is 6.92 Å². The third kappa shape index (κ3) is 1.65. The summed E-state index contributed by atoms with van der Waals surface area (Å²) in [6.45, 7) is 4.20. The molecule has 0 saturated heterocycles. The Labute approximate surface area is 131 Å². The molecule has 3 heteroatoms. The van der Waals surface area contributed by atoms with Crippen LogP contribution in [0.5, 0.6) is 0 Å². The molecule has 3 fully saturated rings. The maximum atomic E-state index is 13.0. The number of allylic oxidation sites excluding steroid dienone is 2. The van der Waals surface area contributed by atoms with Gasteiger partial charge in [-0.1, -0.05) is 19.9 Å². The SMILES string of the molecule is C[C@]12C=CC(=O)C[C@@H]1CC[C@H]1[C@H]2C(=O)C[C@]2(C)C(=O)CC[C@@H]12. The lowest BCUT2D eigenvalue weighted by atomic mass is 9.46. The first-order valence-corrected chi connectivity index (χ1v) is 8.64. The summed E-state index contributed by atoms with van der Waals surface area (Å²) in [6.07, 6.45) is 8.34. The maximum Gasteiger partial charge on any atom is 0.155 e. The Morgan fingerprint density at radius 1 is 1.09 bits per heavy atom. The molecule has 3 saturated carbocycles. The average molecular weight is 300 g/mol. The second-order valence-electron chi connectivity index (χ2n) is 8.41. The van der Waals surface area contributed by atoms with E-state index in [1.54, 1.807) is 6.08 Å². The smallest absolute Gasteiger partial charge is 0.155 e. The molecule has 0 spiro atoms. The van der Waals surface area contributed by atoms with E-state index < -0.39 is 5.41 Å². The minimum atomic E-state index is -0.407. The highest BCUT2D eigenvalue weighted by atomic mass is 16.1. The van der Waals surface area contributed by atoms with Crippen LogP contribution in [0.25, 0.3) is 0 Å². The quantitative estimate of drug-likeness (QED) is 0.690. The number of fused-ring (bicyclic) bond motifs is 5. The molecule has 0 amide bonds. The van der Waals surface area contributed by atoms with Gasteiger partial charge in [0, 0.05) is 30.6 Å². The number of carbonyl (C=O) groups excluding carboxylic acids is 3. The van der Waals surface area contributed by atoms with Gasteiger partial charge in [0.2, 0.25) is 0 Å². The maximum absolute atomic E-state index is 13.0. The Balaban J connectivity index is 1.77. The lowest BCUT2D eigenvalue weighted by Gasteiger charge is -2.56. The van der Waals surface area contributed by atoms with Gasteiger partial charge in [0.25, 0.3) is 0 Å². The van der Waals surface area contributed by atoms with Crippen LogP contribution >= 0.6 is 0 Å². The van der Waals surface area contributed by atoms with Crippen LogP contribution in [0.3, 0.4) is 0 Å². The predicted octanol–water partition coefficient (Wildman–Crippen LogP) is 3.12. The summed E-state index contributed by atoms with van der Waals surface area (Å²) in [5, 5.41) is 0. The summed E-state index contributed by atoms with van der Waals surface area (Å²) >= 11 is 0. The normalized spacial score (nSPS) is 50.5. The van der Waals surface area contributed by atoms with E-state index in [1.165, 1.54) is 0 Å². The Hall–Kier alpha value is -1.25. The molecule has 0 N–H and O–H groups in total. The van der Waals surface area contributed by atoms with E-state index in [-0.39, 0.29) is 22.9 Å². The van der Waals surface area contributed by atoms with Crippen molar-refractivity contribution in [1.29, 1.82) is 0 Å². The van der Waals surface area contributed by atoms with E-state index in [0.717, 1.165) is 19.3 Å². The first-order chi connectivity index (χ1) is 10.4. The van der Waals surface area contributed by atoms with Gasteiger partial charge < -0.3 is 0 Å². The van der Waals surface area contributed by atoms with Crippen molar-refractivity contribution in [3.63, 3.8) is 0 Å². The summed E-state index contributed by atoms with van der Waals surface area (Å²) in [4.78, 5) is 37.1. The molecule has 0 aromatic rings. The number of ketones is 3. The van der Waals surface area contributed by atoms with Crippen molar-refractivity contribution >= 4 is 17.3 Å². The van der Waals surface area contributed by atoms with E-state index in [4.69, 9.17) is 0 Å². The standard InChI is InChI=1S/C19H24O3/c1-18-8-7-12(20)9-11(18)3-4-13-14-5-6-16(22)19(14,2)10-15(21)17(13)18/h7-8,11,13-14,17H,3-6,9-10H2,1-2H3/t11-,13+,14-,17-,18-,19-/m0/s1. The minimum Gasteiger partial charge on any atom is -0.299 e. The molecular formula is C19H24O3. The van der Waals surface area contributed by atoms with Crippen LogP contribution < -0.4 is 0 Å². The van der Waals surface area contributed by atoms with Crippen molar-refractivity contribution in [3.8, 4) is 0 Å². The number of carbonyl (C=O) groups is 3. The number of hydrogen-bond acceptors (Lipinski definition) is 3. The highest BCUT2D eigenvalue weighted by Gasteiger charge is 2.62. The fourth-order valence-corrected chi connectivity index (χ4v) is 6.24. The minimum absolute atomic E-state index is 0.0135. The van der Waals surface area contributed by atoms with Gasteiger partial charge in [0.15, 0.2) is 5.78 Å². The van der Waals surface area contributed by atoms with Crippen molar-refractivity contribution in [2.75, 3.05) is 0 Å². The fraction of sp³-hybridized carbons (Fsp3) is 0.737. The Morgan fingerprint density at radius 3 is 2.64 bits per heavy atom. The van der Waals surface area contributed by atoms with Gasteiger partial charge in [0.05, 0.1) is 0 Å². The predicted molar refractivity (Wildman–Crippen MR) is 82.0 cm³/mol. The molecule has 0 radical (unpaired) electrons. The second kappa shape index (κ2) is 4.39. The van der Waals surface area contributed by atoms with Crippen molar-refractivity contribution < 1.29 is 14.4 Å². The van der Waals surface area contributed by atoms with Crippen LogP contribution in [-0.4, -0.2) is 17.3 Å². The first kappa shape index (κ1) is 14.3. The monoisotopic (exact) mass is 300 g/mol. The molecule has 0 aromatic heterocycles. The van der Waals surface area contributed by atoms with Gasteiger partial charge in [-0.15, -0.1) is 0 Å². The van der Waals surface area contributed by atoms with Gasteiger partial charge in [-0.25, -0.2) is 0 Å². The zero-order chi connectivity index (χ0) is 15.7. The Morgan fingerprint density at radius 2 is 1.86 bits per heavy atom. The summed E-state index contributed by atoms with van der Waals surface area (Å²) in [5.41, 5.74) is -0.587. The fourth-order valence-electron chi connectivity index (χ4n) is 6.24. The topological polar surface area (TPSA) is 51.2 Å². The third-order valence-corrected chi connectivity index (χ3v) is 7.45. The average Bonchev–Trinajstić information content (AvgIpc) is 2.75. The number of Topliss-reactive ketones (excluding diaryl/α,β-unsaturated/α-hetero) is 2. The molecule has 4 aliphatic rings.